The summed E-state index contributed by atoms with van der Waals surface area (Å²) in [5.74, 6) is -0.237. The van der Waals surface area contributed by atoms with Gasteiger partial charge in [-0.2, -0.15) is 5.26 Å². The van der Waals surface area contributed by atoms with Crippen molar-refractivity contribution in [1.29, 1.82) is 5.26 Å². The van der Waals surface area contributed by atoms with Crippen molar-refractivity contribution in [1.82, 2.24) is 10.2 Å². The summed E-state index contributed by atoms with van der Waals surface area (Å²) in [4.78, 5) is 14.5. The SMILES string of the molecule is CCN1CCC(NC(=O)/C(C#N)=C/c2cccc(O)c2)CC1. The Kier molecular flexibility index (Phi) is 5.56. The van der Waals surface area contributed by atoms with Gasteiger partial charge in [0, 0.05) is 19.1 Å². The summed E-state index contributed by atoms with van der Waals surface area (Å²) < 4.78 is 0. The van der Waals surface area contributed by atoms with E-state index in [1.54, 1.807) is 18.2 Å². The largest absolute Gasteiger partial charge is 0.508 e. The maximum Gasteiger partial charge on any atom is 0.262 e. The van der Waals surface area contributed by atoms with E-state index in [2.05, 4.69) is 17.1 Å². The number of carbonyl (C=O) groups is 1. The van der Waals surface area contributed by atoms with E-state index in [9.17, 15) is 15.2 Å². The van der Waals surface area contributed by atoms with E-state index in [-0.39, 0.29) is 23.3 Å². The highest BCUT2D eigenvalue weighted by Crippen LogP contribution is 2.15. The van der Waals surface area contributed by atoms with Crippen LogP contribution in [0.3, 0.4) is 0 Å². The van der Waals surface area contributed by atoms with Gasteiger partial charge in [0.25, 0.3) is 5.91 Å². The first-order valence-corrected chi connectivity index (χ1v) is 7.56. The van der Waals surface area contributed by atoms with Crippen molar-refractivity contribution in [2.75, 3.05) is 19.6 Å². The number of rotatable bonds is 4. The number of hydrogen-bond donors (Lipinski definition) is 2. The maximum atomic E-state index is 12.2. The van der Waals surface area contributed by atoms with Crippen molar-refractivity contribution in [3.63, 3.8) is 0 Å². The molecular formula is C17H21N3O2. The van der Waals surface area contributed by atoms with Gasteiger partial charge in [0.1, 0.15) is 17.4 Å². The molecule has 0 aliphatic carbocycles. The summed E-state index contributed by atoms with van der Waals surface area (Å²) in [6.45, 7) is 5.10. The topological polar surface area (TPSA) is 76.4 Å². The van der Waals surface area contributed by atoms with Crippen LogP contribution in [0.4, 0.5) is 0 Å². The minimum absolute atomic E-state index is 0.0588. The zero-order valence-corrected chi connectivity index (χ0v) is 12.7. The van der Waals surface area contributed by atoms with Crippen LogP contribution in [0.25, 0.3) is 6.08 Å². The number of benzene rings is 1. The summed E-state index contributed by atoms with van der Waals surface area (Å²) in [6.07, 6.45) is 3.31. The molecule has 2 N–H and O–H groups in total. The second-order valence-corrected chi connectivity index (χ2v) is 5.45. The van der Waals surface area contributed by atoms with Gasteiger partial charge in [-0.05, 0) is 43.2 Å². The molecule has 1 aliphatic rings. The van der Waals surface area contributed by atoms with Crippen LogP contribution in [0.2, 0.25) is 0 Å². The van der Waals surface area contributed by atoms with E-state index in [4.69, 9.17) is 0 Å². The Balaban J connectivity index is 1.99. The zero-order valence-electron chi connectivity index (χ0n) is 12.7. The number of nitrogens with zero attached hydrogens (tertiary/aromatic N) is 2. The molecule has 1 aromatic carbocycles. The molecule has 1 fully saturated rings. The molecule has 1 saturated heterocycles. The fraction of sp³-hybridized carbons (Fsp3) is 0.412. The molecule has 5 heteroatoms. The molecule has 1 aromatic rings. The second kappa shape index (κ2) is 7.62. The van der Waals surface area contributed by atoms with Crippen molar-refractivity contribution in [2.24, 2.45) is 0 Å². The van der Waals surface area contributed by atoms with Gasteiger partial charge in [0.15, 0.2) is 0 Å². The van der Waals surface area contributed by atoms with E-state index in [1.807, 2.05) is 6.07 Å². The van der Waals surface area contributed by atoms with Gasteiger partial charge in [0.2, 0.25) is 0 Å². The van der Waals surface area contributed by atoms with Crippen LogP contribution in [0.5, 0.6) is 5.75 Å². The van der Waals surface area contributed by atoms with Crippen molar-refractivity contribution < 1.29 is 9.90 Å². The van der Waals surface area contributed by atoms with Gasteiger partial charge < -0.3 is 15.3 Å². The molecule has 5 nitrogen and oxygen atoms in total. The molecule has 1 amide bonds. The third-order valence-corrected chi connectivity index (χ3v) is 3.92. The average Bonchev–Trinajstić information content (AvgIpc) is 2.53. The molecule has 116 valence electrons. The van der Waals surface area contributed by atoms with Crippen molar-refractivity contribution in [3.05, 3.63) is 35.4 Å². The monoisotopic (exact) mass is 299 g/mol. The molecule has 0 spiro atoms. The standard InChI is InChI=1S/C17H21N3O2/c1-2-20-8-6-15(7-9-20)19-17(22)14(12-18)10-13-4-3-5-16(21)11-13/h3-5,10-11,15,21H,2,6-9H2,1H3,(H,19,22)/b14-10+. The van der Waals surface area contributed by atoms with Gasteiger partial charge in [-0.1, -0.05) is 19.1 Å². The van der Waals surface area contributed by atoms with Crippen LogP contribution in [-0.4, -0.2) is 41.6 Å². The number of carbonyl (C=O) groups excluding carboxylic acids is 1. The van der Waals surface area contributed by atoms with E-state index in [0.29, 0.717) is 5.56 Å². The number of nitrogens with one attached hydrogen (secondary N) is 1. The normalized spacial score (nSPS) is 17.0. The molecule has 0 saturated carbocycles. The Hall–Kier alpha value is -2.32. The Morgan fingerprint density at radius 2 is 2.23 bits per heavy atom. The first-order valence-electron chi connectivity index (χ1n) is 7.56. The Morgan fingerprint density at radius 3 is 2.82 bits per heavy atom. The Labute approximate surface area is 130 Å². The molecule has 0 aromatic heterocycles. The Morgan fingerprint density at radius 1 is 1.50 bits per heavy atom. The number of nitriles is 1. The van der Waals surface area contributed by atoms with Gasteiger partial charge in [-0.15, -0.1) is 0 Å². The molecular weight excluding hydrogens is 278 g/mol. The highest BCUT2D eigenvalue weighted by atomic mass is 16.3. The third-order valence-electron chi connectivity index (χ3n) is 3.92. The maximum absolute atomic E-state index is 12.2. The molecule has 1 aliphatic heterocycles. The van der Waals surface area contributed by atoms with Crippen LogP contribution >= 0.6 is 0 Å². The van der Waals surface area contributed by atoms with Crippen molar-refractivity contribution in [3.8, 4) is 11.8 Å². The van der Waals surface area contributed by atoms with E-state index < -0.39 is 0 Å². The Bertz CT molecular complexity index is 596. The second-order valence-electron chi connectivity index (χ2n) is 5.45. The number of phenolic OH excluding ortho intramolecular Hbond substituents is 1. The van der Waals surface area contributed by atoms with Crippen molar-refractivity contribution in [2.45, 2.75) is 25.8 Å². The number of piperidine rings is 1. The smallest absolute Gasteiger partial charge is 0.262 e. The molecule has 1 heterocycles. The summed E-state index contributed by atoms with van der Waals surface area (Å²) in [7, 11) is 0. The first kappa shape index (κ1) is 16.1. The predicted octanol–water partition coefficient (Wildman–Crippen LogP) is 1.90. The van der Waals surface area contributed by atoms with Crippen LogP contribution in [0.15, 0.2) is 29.8 Å². The minimum Gasteiger partial charge on any atom is -0.508 e. The molecule has 0 unspecified atom stereocenters. The number of hydrogen-bond acceptors (Lipinski definition) is 4. The van der Waals surface area contributed by atoms with Crippen LogP contribution in [-0.2, 0) is 4.79 Å². The first-order chi connectivity index (χ1) is 10.6. The lowest BCUT2D eigenvalue weighted by Gasteiger charge is -2.31. The van der Waals surface area contributed by atoms with E-state index in [1.165, 1.54) is 12.1 Å². The fourth-order valence-corrected chi connectivity index (χ4v) is 2.59. The van der Waals surface area contributed by atoms with Crippen molar-refractivity contribution >= 4 is 12.0 Å². The highest BCUT2D eigenvalue weighted by molar-refractivity contribution is 6.01. The predicted molar refractivity (Wildman–Crippen MR) is 85.0 cm³/mol. The number of amides is 1. The molecule has 0 atom stereocenters. The average molecular weight is 299 g/mol. The lowest BCUT2D eigenvalue weighted by molar-refractivity contribution is -0.118. The van der Waals surface area contributed by atoms with Gasteiger partial charge >= 0.3 is 0 Å². The summed E-state index contributed by atoms with van der Waals surface area (Å²) in [6, 6.07) is 8.54. The van der Waals surface area contributed by atoms with E-state index in [0.717, 1.165) is 32.5 Å². The number of phenols is 1. The van der Waals surface area contributed by atoms with Gasteiger partial charge in [0.05, 0.1) is 0 Å². The fourth-order valence-electron chi connectivity index (χ4n) is 2.59. The summed E-state index contributed by atoms with van der Waals surface area (Å²) in [5, 5.41) is 21.5. The summed E-state index contributed by atoms with van der Waals surface area (Å²) in [5.41, 5.74) is 0.691. The van der Waals surface area contributed by atoms with Crippen LogP contribution < -0.4 is 5.32 Å². The van der Waals surface area contributed by atoms with Gasteiger partial charge in [-0.25, -0.2) is 0 Å². The number of aromatic hydroxyl groups is 1. The summed E-state index contributed by atoms with van der Waals surface area (Å²) >= 11 is 0. The molecule has 0 bridgehead atoms. The minimum atomic E-state index is -0.346. The molecule has 22 heavy (non-hydrogen) atoms. The molecule has 2 rings (SSSR count). The van der Waals surface area contributed by atoms with Crippen LogP contribution in [0, 0.1) is 11.3 Å². The lowest BCUT2D eigenvalue weighted by Crippen LogP contribution is -2.44. The zero-order chi connectivity index (χ0) is 15.9. The highest BCUT2D eigenvalue weighted by Gasteiger charge is 2.21. The van der Waals surface area contributed by atoms with E-state index >= 15 is 0 Å². The van der Waals surface area contributed by atoms with Gasteiger partial charge in [-0.3, -0.25) is 4.79 Å². The lowest BCUT2D eigenvalue weighted by atomic mass is 10.0. The third kappa shape index (κ3) is 4.34. The quantitative estimate of drug-likeness (QED) is 0.657. The molecule has 0 radical (unpaired) electrons. The van der Waals surface area contributed by atoms with Crippen LogP contribution in [0.1, 0.15) is 25.3 Å². The number of likely N-dealkylation sites (tertiary alicyclic amines) is 1.